The minimum absolute atomic E-state index is 0.562. The Labute approximate surface area is 82.5 Å². The molecule has 0 aliphatic carbocycles. The molecule has 2 N–H and O–H groups in total. The van der Waals surface area contributed by atoms with Crippen LogP contribution in [0.1, 0.15) is 12.7 Å². The summed E-state index contributed by atoms with van der Waals surface area (Å²) < 4.78 is 1.66. The van der Waals surface area contributed by atoms with E-state index < -0.39 is 0 Å². The number of rotatable bonds is 3. The van der Waals surface area contributed by atoms with E-state index in [1.54, 1.807) is 11.0 Å². The quantitative estimate of drug-likeness (QED) is 0.660. The third-order valence-electron chi connectivity index (χ3n) is 1.39. The smallest absolute Gasteiger partial charge is 0.169 e. The van der Waals surface area contributed by atoms with Gasteiger partial charge in [-0.25, -0.2) is 4.98 Å². The number of hydrogen-bond acceptors (Lipinski definition) is 3. The van der Waals surface area contributed by atoms with Crippen molar-refractivity contribution in [3.8, 4) is 0 Å². The first-order chi connectivity index (χ1) is 6.22. The lowest BCUT2D eigenvalue weighted by Gasteiger charge is -2.05. The van der Waals surface area contributed by atoms with E-state index in [1.807, 2.05) is 14.0 Å². The molecule has 0 unspecified atom stereocenters. The summed E-state index contributed by atoms with van der Waals surface area (Å²) in [4.78, 5) is 4.05. The van der Waals surface area contributed by atoms with Gasteiger partial charge in [0, 0.05) is 13.6 Å². The van der Waals surface area contributed by atoms with Crippen LogP contribution in [0.4, 0.5) is 0 Å². The summed E-state index contributed by atoms with van der Waals surface area (Å²) in [7, 11) is 1.83. The van der Waals surface area contributed by atoms with Crippen LogP contribution in [-0.4, -0.2) is 26.4 Å². The first-order valence-electron chi connectivity index (χ1n) is 4.08. The predicted octanol–water partition coefficient (Wildman–Crippen LogP) is -0.201. The molecule has 0 aliphatic rings. The molecule has 5 nitrogen and oxygen atoms in total. The van der Waals surface area contributed by atoms with Gasteiger partial charge in [-0.15, -0.1) is 0 Å². The van der Waals surface area contributed by atoms with Gasteiger partial charge in [-0.05, 0) is 19.1 Å². The molecule has 1 rings (SSSR count). The third-order valence-corrected chi connectivity index (χ3v) is 1.68. The predicted molar refractivity (Wildman–Crippen MR) is 54.1 cm³/mol. The fourth-order valence-electron chi connectivity index (χ4n) is 0.847. The molecule has 0 atom stereocenters. The molecule has 0 amide bonds. The standard InChI is InChI=1S/C7H13N5S/c1-3-8-7(13)9-4-6-10-5-12(2)11-6/h5H,3-4H2,1-2H3,(H2,8,9,13). The first kappa shape index (κ1) is 9.91. The third kappa shape index (κ3) is 3.37. The second-order valence-corrected chi connectivity index (χ2v) is 2.96. The Morgan fingerprint density at radius 2 is 2.38 bits per heavy atom. The van der Waals surface area contributed by atoms with Gasteiger partial charge >= 0.3 is 0 Å². The second-order valence-electron chi connectivity index (χ2n) is 2.55. The van der Waals surface area contributed by atoms with Gasteiger partial charge in [0.1, 0.15) is 6.33 Å². The first-order valence-corrected chi connectivity index (χ1v) is 4.49. The Balaban J connectivity index is 2.30. The topological polar surface area (TPSA) is 54.8 Å². The monoisotopic (exact) mass is 199 g/mol. The van der Waals surface area contributed by atoms with Gasteiger partial charge < -0.3 is 10.6 Å². The average molecular weight is 199 g/mol. The Morgan fingerprint density at radius 3 is 2.92 bits per heavy atom. The van der Waals surface area contributed by atoms with Crippen molar-refractivity contribution in [1.82, 2.24) is 25.4 Å². The van der Waals surface area contributed by atoms with Crippen molar-refractivity contribution >= 4 is 17.3 Å². The van der Waals surface area contributed by atoms with E-state index in [0.29, 0.717) is 11.7 Å². The zero-order valence-corrected chi connectivity index (χ0v) is 8.56. The molecule has 0 aromatic carbocycles. The van der Waals surface area contributed by atoms with Crippen LogP contribution in [0.5, 0.6) is 0 Å². The normalized spacial score (nSPS) is 9.69. The van der Waals surface area contributed by atoms with Gasteiger partial charge in [-0.1, -0.05) is 0 Å². The fourth-order valence-corrected chi connectivity index (χ4v) is 1.06. The molecular weight excluding hydrogens is 186 g/mol. The number of aromatic nitrogens is 3. The molecule has 0 radical (unpaired) electrons. The summed E-state index contributed by atoms with van der Waals surface area (Å²) in [6, 6.07) is 0. The van der Waals surface area contributed by atoms with Crippen molar-refractivity contribution in [2.75, 3.05) is 6.54 Å². The highest BCUT2D eigenvalue weighted by molar-refractivity contribution is 7.80. The van der Waals surface area contributed by atoms with Crippen LogP contribution >= 0.6 is 12.2 Å². The van der Waals surface area contributed by atoms with Crippen molar-refractivity contribution in [1.29, 1.82) is 0 Å². The van der Waals surface area contributed by atoms with Crippen LogP contribution < -0.4 is 10.6 Å². The van der Waals surface area contributed by atoms with Crippen molar-refractivity contribution < 1.29 is 0 Å². The molecule has 0 bridgehead atoms. The second kappa shape index (κ2) is 4.76. The van der Waals surface area contributed by atoms with Gasteiger partial charge in [-0.3, -0.25) is 4.68 Å². The van der Waals surface area contributed by atoms with Crippen molar-refractivity contribution in [2.45, 2.75) is 13.5 Å². The molecule has 0 saturated heterocycles. The van der Waals surface area contributed by atoms with E-state index in [1.165, 1.54) is 0 Å². The van der Waals surface area contributed by atoms with Crippen molar-refractivity contribution in [3.05, 3.63) is 12.2 Å². The van der Waals surface area contributed by atoms with Crippen molar-refractivity contribution in [3.63, 3.8) is 0 Å². The van der Waals surface area contributed by atoms with Crippen LogP contribution in [0.2, 0.25) is 0 Å². The molecule has 1 aromatic heterocycles. The summed E-state index contributed by atoms with van der Waals surface area (Å²) in [6.07, 6.45) is 1.66. The van der Waals surface area contributed by atoms with Crippen LogP contribution in [0.3, 0.4) is 0 Å². The number of nitrogens with one attached hydrogen (secondary N) is 2. The van der Waals surface area contributed by atoms with E-state index in [0.717, 1.165) is 12.4 Å². The Morgan fingerprint density at radius 1 is 1.62 bits per heavy atom. The molecule has 13 heavy (non-hydrogen) atoms. The zero-order valence-electron chi connectivity index (χ0n) is 7.74. The average Bonchev–Trinajstić information content (AvgIpc) is 2.49. The molecular formula is C7H13N5S. The van der Waals surface area contributed by atoms with E-state index in [2.05, 4.69) is 20.7 Å². The molecule has 72 valence electrons. The van der Waals surface area contributed by atoms with Crippen LogP contribution in [0, 0.1) is 0 Å². The van der Waals surface area contributed by atoms with Gasteiger partial charge in [0.15, 0.2) is 10.9 Å². The molecule has 0 aliphatic heterocycles. The Hall–Kier alpha value is -1.17. The molecule has 0 saturated carbocycles. The van der Waals surface area contributed by atoms with Gasteiger partial charge in [0.2, 0.25) is 0 Å². The lowest BCUT2D eigenvalue weighted by atomic mass is 10.6. The highest BCUT2D eigenvalue weighted by Crippen LogP contribution is 1.86. The summed E-state index contributed by atoms with van der Waals surface area (Å²) in [5.74, 6) is 0.739. The van der Waals surface area contributed by atoms with Crippen LogP contribution in [0.15, 0.2) is 6.33 Å². The van der Waals surface area contributed by atoms with Crippen LogP contribution in [0.25, 0.3) is 0 Å². The Kier molecular flexibility index (Phi) is 3.63. The minimum atomic E-state index is 0.562. The van der Waals surface area contributed by atoms with Gasteiger partial charge in [-0.2, -0.15) is 5.10 Å². The highest BCUT2D eigenvalue weighted by atomic mass is 32.1. The fraction of sp³-hybridized carbons (Fsp3) is 0.571. The maximum Gasteiger partial charge on any atom is 0.169 e. The van der Waals surface area contributed by atoms with E-state index in [9.17, 15) is 0 Å². The molecule has 6 heteroatoms. The Bertz CT molecular complexity index is 282. The summed E-state index contributed by atoms with van der Waals surface area (Å²) >= 11 is 4.97. The minimum Gasteiger partial charge on any atom is -0.363 e. The van der Waals surface area contributed by atoms with E-state index in [-0.39, 0.29) is 0 Å². The van der Waals surface area contributed by atoms with Crippen LogP contribution in [-0.2, 0) is 13.6 Å². The van der Waals surface area contributed by atoms with Gasteiger partial charge in [0.05, 0.1) is 6.54 Å². The summed E-state index contributed by atoms with van der Waals surface area (Å²) in [6.45, 7) is 3.38. The molecule has 0 spiro atoms. The number of thiocarbonyl (C=S) groups is 1. The maximum atomic E-state index is 4.97. The zero-order chi connectivity index (χ0) is 9.68. The maximum absolute atomic E-state index is 4.97. The number of hydrogen-bond donors (Lipinski definition) is 2. The van der Waals surface area contributed by atoms with Gasteiger partial charge in [0.25, 0.3) is 0 Å². The molecule has 1 heterocycles. The van der Waals surface area contributed by atoms with E-state index >= 15 is 0 Å². The molecule has 1 aromatic rings. The van der Waals surface area contributed by atoms with Crippen molar-refractivity contribution in [2.24, 2.45) is 7.05 Å². The number of aryl methyl sites for hydroxylation is 1. The highest BCUT2D eigenvalue weighted by Gasteiger charge is 1.98. The summed E-state index contributed by atoms with van der Waals surface area (Å²) in [5, 5.41) is 10.7. The largest absolute Gasteiger partial charge is 0.363 e. The SMILES string of the molecule is CCNC(=S)NCc1ncn(C)n1. The summed E-state index contributed by atoms with van der Waals surface area (Å²) in [5.41, 5.74) is 0. The van der Waals surface area contributed by atoms with E-state index in [4.69, 9.17) is 12.2 Å². The molecule has 0 fully saturated rings. The lowest BCUT2D eigenvalue weighted by Crippen LogP contribution is -2.34. The lowest BCUT2D eigenvalue weighted by molar-refractivity contribution is 0.725. The number of nitrogens with zero attached hydrogens (tertiary/aromatic N) is 3.